The molecule has 1 rings (SSSR count). The normalized spacial score (nSPS) is 11.6. The minimum absolute atomic E-state index is 0.120. The van der Waals surface area contributed by atoms with Crippen LogP contribution < -0.4 is 10.5 Å². The zero-order valence-electron chi connectivity index (χ0n) is 11.1. The first-order valence-electron chi connectivity index (χ1n) is 5.74. The van der Waals surface area contributed by atoms with Gasteiger partial charge in [-0.25, -0.2) is 0 Å². The number of ether oxygens (including phenoxy) is 1. The van der Waals surface area contributed by atoms with E-state index in [0.717, 1.165) is 12.2 Å². The van der Waals surface area contributed by atoms with E-state index >= 15 is 0 Å². The Balaban J connectivity index is 3.08. The van der Waals surface area contributed by atoms with Crippen LogP contribution in [0, 0.1) is 19.3 Å². The van der Waals surface area contributed by atoms with Gasteiger partial charge in [0, 0.05) is 0 Å². The van der Waals surface area contributed by atoms with Gasteiger partial charge in [-0.2, -0.15) is 0 Å². The molecule has 1 aromatic rings. The summed E-state index contributed by atoms with van der Waals surface area (Å²) in [6.07, 6.45) is 0.952. The van der Waals surface area contributed by atoms with E-state index < -0.39 is 0 Å². The maximum absolute atomic E-state index is 5.77. The SMILES string of the molecule is COc1cc(C)c(C)cc1CC(C)(C)CN. The highest BCUT2D eigenvalue weighted by atomic mass is 16.5. The summed E-state index contributed by atoms with van der Waals surface area (Å²) in [5.74, 6) is 0.977. The van der Waals surface area contributed by atoms with E-state index in [-0.39, 0.29) is 5.41 Å². The van der Waals surface area contributed by atoms with Crippen LogP contribution in [-0.4, -0.2) is 13.7 Å². The van der Waals surface area contributed by atoms with Crippen LogP contribution in [-0.2, 0) is 6.42 Å². The Bertz CT molecular complexity index is 369. The average Bonchev–Trinajstić information content (AvgIpc) is 2.22. The molecule has 0 aliphatic heterocycles. The first kappa shape index (κ1) is 13.0. The van der Waals surface area contributed by atoms with E-state index in [1.807, 2.05) is 0 Å². The molecule has 0 fully saturated rings. The van der Waals surface area contributed by atoms with Crippen molar-refractivity contribution in [2.45, 2.75) is 34.1 Å². The summed E-state index contributed by atoms with van der Waals surface area (Å²) in [5, 5.41) is 0. The number of benzene rings is 1. The van der Waals surface area contributed by atoms with Crippen LogP contribution in [0.15, 0.2) is 12.1 Å². The monoisotopic (exact) mass is 221 g/mol. The Morgan fingerprint density at radius 2 is 1.75 bits per heavy atom. The van der Waals surface area contributed by atoms with Gasteiger partial charge in [0.05, 0.1) is 7.11 Å². The van der Waals surface area contributed by atoms with E-state index in [1.54, 1.807) is 7.11 Å². The second-order valence-electron chi connectivity index (χ2n) is 5.29. The lowest BCUT2D eigenvalue weighted by Crippen LogP contribution is -2.26. The molecule has 0 radical (unpaired) electrons. The second-order valence-corrected chi connectivity index (χ2v) is 5.29. The topological polar surface area (TPSA) is 35.2 Å². The van der Waals surface area contributed by atoms with Crippen molar-refractivity contribution in [2.75, 3.05) is 13.7 Å². The first-order valence-corrected chi connectivity index (χ1v) is 5.74. The number of rotatable bonds is 4. The van der Waals surface area contributed by atoms with Crippen LogP contribution in [0.3, 0.4) is 0 Å². The van der Waals surface area contributed by atoms with Gasteiger partial charge >= 0.3 is 0 Å². The molecular formula is C14H23NO. The third-order valence-corrected chi connectivity index (χ3v) is 3.12. The molecule has 90 valence electrons. The summed E-state index contributed by atoms with van der Waals surface area (Å²) in [4.78, 5) is 0. The van der Waals surface area contributed by atoms with Crippen molar-refractivity contribution in [3.63, 3.8) is 0 Å². The Labute approximate surface area is 98.8 Å². The van der Waals surface area contributed by atoms with Gasteiger partial charge in [-0.1, -0.05) is 19.9 Å². The maximum Gasteiger partial charge on any atom is 0.122 e. The van der Waals surface area contributed by atoms with Gasteiger partial charge in [-0.3, -0.25) is 0 Å². The fourth-order valence-corrected chi connectivity index (χ4v) is 1.77. The molecule has 0 heterocycles. The van der Waals surface area contributed by atoms with Gasteiger partial charge < -0.3 is 10.5 Å². The Morgan fingerprint density at radius 1 is 1.19 bits per heavy atom. The lowest BCUT2D eigenvalue weighted by atomic mass is 9.85. The minimum Gasteiger partial charge on any atom is -0.496 e. The number of nitrogens with two attached hydrogens (primary N) is 1. The molecule has 16 heavy (non-hydrogen) atoms. The molecule has 0 saturated heterocycles. The molecule has 0 amide bonds. The molecule has 0 aliphatic carbocycles. The van der Waals surface area contributed by atoms with Crippen molar-refractivity contribution >= 4 is 0 Å². The van der Waals surface area contributed by atoms with Crippen LogP contribution in [0.2, 0.25) is 0 Å². The van der Waals surface area contributed by atoms with Gasteiger partial charge in [-0.15, -0.1) is 0 Å². The van der Waals surface area contributed by atoms with Crippen molar-refractivity contribution in [1.82, 2.24) is 0 Å². The molecule has 2 N–H and O–H groups in total. The number of hydrogen-bond acceptors (Lipinski definition) is 2. The van der Waals surface area contributed by atoms with Gasteiger partial charge in [0.1, 0.15) is 5.75 Å². The largest absolute Gasteiger partial charge is 0.496 e. The van der Waals surface area contributed by atoms with Crippen LogP contribution in [0.5, 0.6) is 5.75 Å². The zero-order chi connectivity index (χ0) is 12.3. The molecule has 0 saturated carbocycles. The van der Waals surface area contributed by atoms with E-state index in [1.165, 1.54) is 16.7 Å². The lowest BCUT2D eigenvalue weighted by Gasteiger charge is -2.24. The fourth-order valence-electron chi connectivity index (χ4n) is 1.77. The lowest BCUT2D eigenvalue weighted by molar-refractivity contribution is 0.359. The predicted octanol–water partition coefficient (Wildman–Crippen LogP) is 2.84. The van der Waals surface area contributed by atoms with Gasteiger partial charge in [0.2, 0.25) is 0 Å². The third kappa shape index (κ3) is 2.99. The van der Waals surface area contributed by atoms with Gasteiger partial charge in [0.25, 0.3) is 0 Å². The molecule has 2 heteroatoms. The summed E-state index contributed by atoms with van der Waals surface area (Å²) in [6, 6.07) is 4.32. The molecule has 0 aromatic heterocycles. The summed E-state index contributed by atoms with van der Waals surface area (Å²) in [5.41, 5.74) is 9.72. The van der Waals surface area contributed by atoms with Crippen LogP contribution >= 0.6 is 0 Å². The van der Waals surface area contributed by atoms with Crippen molar-refractivity contribution in [1.29, 1.82) is 0 Å². The van der Waals surface area contributed by atoms with E-state index in [9.17, 15) is 0 Å². The first-order chi connectivity index (χ1) is 7.39. The highest BCUT2D eigenvalue weighted by molar-refractivity contribution is 5.42. The van der Waals surface area contributed by atoms with E-state index in [0.29, 0.717) is 6.54 Å². The summed E-state index contributed by atoms with van der Waals surface area (Å²) in [7, 11) is 1.73. The Morgan fingerprint density at radius 3 is 2.25 bits per heavy atom. The van der Waals surface area contributed by atoms with Crippen molar-refractivity contribution in [3.8, 4) is 5.75 Å². The molecule has 2 nitrogen and oxygen atoms in total. The highest BCUT2D eigenvalue weighted by Gasteiger charge is 2.19. The Kier molecular flexibility index (Phi) is 3.98. The second kappa shape index (κ2) is 4.88. The van der Waals surface area contributed by atoms with E-state index in [4.69, 9.17) is 10.5 Å². The smallest absolute Gasteiger partial charge is 0.122 e. The van der Waals surface area contributed by atoms with Crippen LogP contribution in [0.4, 0.5) is 0 Å². The van der Waals surface area contributed by atoms with Crippen molar-refractivity contribution in [2.24, 2.45) is 11.1 Å². The van der Waals surface area contributed by atoms with Crippen LogP contribution in [0.1, 0.15) is 30.5 Å². The number of methoxy groups -OCH3 is 1. The zero-order valence-corrected chi connectivity index (χ0v) is 11.1. The predicted molar refractivity (Wildman–Crippen MR) is 69.0 cm³/mol. The standard InChI is InChI=1S/C14H23NO/c1-10-6-12(8-14(3,4)9-15)13(16-5)7-11(10)2/h6-7H,8-9,15H2,1-5H3. The molecule has 0 bridgehead atoms. The maximum atomic E-state index is 5.77. The number of hydrogen-bond donors (Lipinski definition) is 1. The third-order valence-electron chi connectivity index (χ3n) is 3.12. The summed E-state index contributed by atoms with van der Waals surface area (Å²) < 4.78 is 5.43. The number of aryl methyl sites for hydroxylation is 2. The average molecular weight is 221 g/mol. The van der Waals surface area contributed by atoms with Gasteiger partial charge in [-0.05, 0) is 55.0 Å². The molecule has 0 atom stereocenters. The highest BCUT2D eigenvalue weighted by Crippen LogP contribution is 2.29. The quantitative estimate of drug-likeness (QED) is 0.848. The van der Waals surface area contributed by atoms with Gasteiger partial charge in [0.15, 0.2) is 0 Å². The molecule has 1 aromatic carbocycles. The minimum atomic E-state index is 0.120. The molecule has 0 unspecified atom stereocenters. The molecular weight excluding hydrogens is 198 g/mol. The summed E-state index contributed by atoms with van der Waals surface area (Å²) in [6.45, 7) is 9.29. The van der Waals surface area contributed by atoms with E-state index in [2.05, 4.69) is 39.8 Å². The van der Waals surface area contributed by atoms with Crippen molar-refractivity contribution < 1.29 is 4.74 Å². The Hall–Kier alpha value is -1.02. The molecule has 0 spiro atoms. The van der Waals surface area contributed by atoms with Crippen LogP contribution in [0.25, 0.3) is 0 Å². The fraction of sp³-hybridized carbons (Fsp3) is 0.571. The summed E-state index contributed by atoms with van der Waals surface area (Å²) >= 11 is 0. The molecule has 0 aliphatic rings. The van der Waals surface area contributed by atoms with Crippen molar-refractivity contribution in [3.05, 3.63) is 28.8 Å².